The third-order valence-corrected chi connectivity index (χ3v) is 3.07. The van der Waals surface area contributed by atoms with Gasteiger partial charge in [-0.1, -0.05) is 34.4 Å². The molecule has 0 spiro atoms. The van der Waals surface area contributed by atoms with E-state index >= 15 is 0 Å². The molecule has 0 saturated carbocycles. The van der Waals surface area contributed by atoms with Gasteiger partial charge in [0.25, 0.3) is 0 Å². The van der Waals surface area contributed by atoms with E-state index in [-0.39, 0.29) is 6.61 Å². The molecule has 4 nitrogen and oxygen atoms in total. The second-order valence-corrected chi connectivity index (χ2v) is 4.26. The van der Waals surface area contributed by atoms with Crippen LogP contribution in [0.2, 0.25) is 10.0 Å². The van der Waals surface area contributed by atoms with Gasteiger partial charge in [-0.05, 0) is 12.1 Å². The molecule has 1 heterocycles. The van der Waals surface area contributed by atoms with Gasteiger partial charge in [0.05, 0.1) is 17.2 Å². The lowest BCUT2D eigenvalue weighted by Gasteiger charge is -2.10. The van der Waals surface area contributed by atoms with Crippen LogP contribution in [0.1, 0.15) is 5.56 Å². The number of rotatable bonds is 2. The smallest absolute Gasteiger partial charge is 0.318 e. The molecular weight excluding hydrogens is 265 g/mol. The van der Waals surface area contributed by atoms with Gasteiger partial charge in [-0.3, -0.25) is 4.79 Å². The van der Waals surface area contributed by atoms with Gasteiger partial charge in [-0.25, -0.2) is 0 Å². The minimum absolute atomic E-state index is 0.142. The van der Waals surface area contributed by atoms with Gasteiger partial charge in [0, 0.05) is 5.56 Å². The molecule has 1 aliphatic rings. The van der Waals surface area contributed by atoms with E-state index in [1.807, 2.05) is 0 Å². The number of benzene rings is 1. The Hall–Kier alpha value is -1.26. The highest BCUT2D eigenvalue weighted by atomic mass is 35.5. The fraction of sp³-hybridized carbons (Fsp3) is 0.273. The Bertz CT molecular complexity index is 467. The van der Waals surface area contributed by atoms with E-state index in [2.05, 4.69) is 9.89 Å². The van der Waals surface area contributed by atoms with E-state index in [0.717, 1.165) is 0 Å². The zero-order valence-corrected chi connectivity index (χ0v) is 10.5. The van der Waals surface area contributed by atoms with Crippen molar-refractivity contribution in [3.8, 4) is 0 Å². The van der Waals surface area contributed by atoms with Crippen molar-refractivity contribution in [2.45, 2.75) is 0 Å². The highest BCUT2D eigenvalue weighted by Crippen LogP contribution is 2.30. The molecule has 17 heavy (non-hydrogen) atoms. The molecule has 0 fully saturated rings. The lowest BCUT2D eigenvalue weighted by molar-refractivity contribution is -0.143. The van der Waals surface area contributed by atoms with Crippen LogP contribution in [-0.4, -0.2) is 25.4 Å². The summed E-state index contributed by atoms with van der Waals surface area (Å²) in [4.78, 5) is 16.5. The third-order valence-electron chi connectivity index (χ3n) is 2.44. The standard InChI is InChI=1S/C11H9Cl2NO3/c1-16-11(15)6-5-17-14-10(6)9-7(12)3-2-4-8(9)13/h2-4,6H,5H2,1H3/t6-/m1/s1. The monoisotopic (exact) mass is 273 g/mol. The maximum atomic E-state index is 11.6. The van der Waals surface area contributed by atoms with Crippen molar-refractivity contribution in [2.75, 3.05) is 13.7 Å². The normalized spacial score (nSPS) is 18.5. The topological polar surface area (TPSA) is 47.9 Å². The van der Waals surface area contributed by atoms with Crippen LogP contribution < -0.4 is 0 Å². The molecule has 0 saturated heterocycles. The number of carbonyl (C=O) groups is 1. The molecule has 0 bridgehead atoms. The highest BCUT2D eigenvalue weighted by molar-refractivity contribution is 6.41. The molecule has 1 atom stereocenters. The van der Waals surface area contributed by atoms with Gasteiger partial charge >= 0.3 is 5.97 Å². The largest absolute Gasteiger partial charge is 0.468 e. The van der Waals surface area contributed by atoms with E-state index in [4.69, 9.17) is 28.0 Å². The molecule has 1 aromatic carbocycles. The summed E-state index contributed by atoms with van der Waals surface area (Å²) < 4.78 is 4.68. The molecule has 0 unspecified atom stereocenters. The zero-order valence-electron chi connectivity index (χ0n) is 8.94. The van der Waals surface area contributed by atoms with Crippen LogP contribution in [-0.2, 0) is 14.4 Å². The predicted molar refractivity (Wildman–Crippen MR) is 64.5 cm³/mol. The number of ether oxygens (including phenoxy) is 1. The Balaban J connectivity index is 2.43. The minimum atomic E-state index is -0.586. The lowest BCUT2D eigenvalue weighted by atomic mass is 9.98. The quantitative estimate of drug-likeness (QED) is 0.778. The average molecular weight is 274 g/mol. The van der Waals surface area contributed by atoms with Crippen LogP contribution in [0.25, 0.3) is 0 Å². The fourth-order valence-electron chi connectivity index (χ4n) is 1.61. The van der Waals surface area contributed by atoms with Crippen LogP contribution in [0.5, 0.6) is 0 Å². The maximum absolute atomic E-state index is 11.6. The first-order chi connectivity index (χ1) is 8.15. The second kappa shape index (κ2) is 4.94. The van der Waals surface area contributed by atoms with E-state index in [0.29, 0.717) is 21.3 Å². The number of oxime groups is 1. The minimum Gasteiger partial charge on any atom is -0.468 e. The summed E-state index contributed by atoms with van der Waals surface area (Å²) in [5, 5.41) is 4.68. The van der Waals surface area contributed by atoms with Gasteiger partial charge in [-0.15, -0.1) is 0 Å². The van der Waals surface area contributed by atoms with Crippen LogP contribution in [0, 0.1) is 5.92 Å². The molecule has 1 aromatic rings. The zero-order chi connectivity index (χ0) is 12.4. The Morgan fingerprint density at radius 2 is 2.12 bits per heavy atom. The van der Waals surface area contributed by atoms with Crippen molar-refractivity contribution < 1.29 is 14.4 Å². The SMILES string of the molecule is COC(=O)[C@@H]1CON=C1c1c(Cl)cccc1Cl. The Kier molecular flexibility index (Phi) is 3.54. The average Bonchev–Trinajstić information content (AvgIpc) is 2.77. The van der Waals surface area contributed by atoms with E-state index < -0.39 is 11.9 Å². The first-order valence-corrected chi connectivity index (χ1v) is 5.62. The fourth-order valence-corrected chi connectivity index (χ4v) is 2.20. The molecule has 0 amide bonds. The van der Waals surface area contributed by atoms with Crippen LogP contribution >= 0.6 is 23.2 Å². The molecule has 1 aliphatic heterocycles. The van der Waals surface area contributed by atoms with Gasteiger partial charge in [0.2, 0.25) is 0 Å². The molecule has 0 aromatic heterocycles. The van der Waals surface area contributed by atoms with Gasteiger partial charge in [0.1, 0.15) is 18.2 Å². The summed E-state index contributed by atoms with van der Waals surface area (Å²) in [7, 11) is 1.31. The van der Waals surface area contributed by atoms with Crippen LogP contribution in [0.3, 0.4) is 0 Å². The summed E-state index contributed by atoms with van der Waals surface area (Å²) in [6.07, 6.45) is 0. The molecule has 0 aliphatic carbocycles. The number of methoxy groups -OCH3 is 1. The van der Waals surface area contributed by atoms with E-state index in [1.165, 1.54) is 7.11 Å². The maximum Gasteiger partial charge on any atom is 0.318 e. The van der Waals surface area contributed by atoms with Crippen molar-refractivity contribution in [3.05, 3.63) is 33.8 Å². The van der Waals surface area contributed by atoms with E-state index in [9.17, 15) is 4.79 Å². The number of carbonyl (C=O) groups excluding carboxylic acids is 1. The van der Waals surface area contributed by atoms with Crippen molar-refractivity contribution >= 4 is 34.9 Å². The number of esters is 1. The summed E-state index contributed by atoms with van der Waals surface area (Å²) in [5.74, 6) is -1.00. The van der Waals surface area contributed by atoms with E-state index in [1.54, 1.807) is 18.2 Å². The van der Waals surface area contributed by atoms with Crippen molar-refractivity contribution in [1.29, 1.82) is 0 Å². The van der Waals surface area contributed by atoms with Gasteiger partial charge < -0.3 is 9.57 Å². The second-order valence-electron chi connectivity index (χ2n) is 3.44. The molecule has 90 valence electrons. The first kappa shape index (κ1) is 12.2. The van der Waals surface area contributed by atoms with Gasteiger partial charge in [0.15, 0.2) is 0 Å². The van der Waals surface area contributed by atoms with Crippen molar-refractivity contribution in [3.63, 3.8) is 0 Å². The number of hydrogen-bond donors (Lipinski definition) is 0. The third kappa shape index (κ3) is 2.23. The summed E-state index contributed by atoms with van der Waals surface area (Å²) >= 11 is 12.1. The highest BCUT2D eigenvalue weighted by Gasteiger charge is 2.34. The lowest BCUT2D eigenvalue weighted by Crippen LogP contribution is -2.26. The number of halogens is 2. The molecular formula is C11H9Cl2NO3. The van der Waals surface area contributed by atoms with Crippen molar-refractivity contribution in [1.82, 2.24) is 0 Å². The van der Waals surface area contributed by atoms with Crippen LogP contribution in [0.15, 0.2) is 23.4 Å². The number of nitrogens with zero attached hydrogens (tertiary/aromatic N) is 1. The first-order valence-electron chi connectivity index (χ1n) is 4.87. The Labute approximate surface area is 108 Å². The number of hydrogen-bond acceptors (Lipinski definition) is 4. The van der Waals surface area contributed by atoms with Crippen molar-refractivity contribution in [2.24, 2.45) is 11.1 Å². The Morgan fingerprint density at radius 1 is 1.47 bits per heavy atom. The van der Waals surface area contributed by atoms with Crippen LogP contribution in [0.4, 0.5) is 0 Å². The molecule has 0 radical (unpaired) electrons. The molecule has 6 heteroatoms. The summed E-state index contributed by atoms with van der Waals surface area (Å²) in [6.45, 7) is 0.142. The molecule has 0 N–H and O–H groups in total. The Morgan fingerprint density at radius 3 is 2.71 bits per heavy atom. The summed E-state index contributed by atoms with van der Waals surface area (Å²) in [6, 6.07) is 5.08. The summed E-state index contributed by atoms with van der Waals surface area (Å²) in [5.41, 5.74) is 0.927. The molecule has 2 rings (SSSR count). The predicted octanol–water partition coefficient (Wildman–Crippen LogP) is 2.52. The van der Waals surface area contributed by atoms with Gasteiger partial charge in [-0.2, -0.15) is 0 Å².